The molecule has 1 aliphatic heterocycles. The second-order valence-electron chi connectivity index (χ2n) is 8.94. The molecule has 1 amide bonds. The maximum absolute atomic E-state index is 12.8. The number of nitrogens with one attached hydrogen (secondary N) is 1. The molecule has 3 aromatic rings. The average Bonchev–Trinajstić information content (AvgIpc) is 2.92. The first-order valence-electron chi connectivity index (χ1n) is 12.2. The number of para-hydroxylation sites is 2. The SMILES string of the molecule is COc1ccccc1N1CCN(C(=O)CCc2ccc(S(=O)(=O)N[C@@H](C)c3ccccc3)cc2)CC1. The fourth-order valence-electron chi connectivity index (χ4n) is 4.44. The van der Waals surface area contributed by atoms with Crippen LogP contribution in [0.2, 0.25) is 0 Å². The minimum absolute atomic E-state index is 0.115. The highest BCUT2D eigenvalue weighted by Gasteiger charge is 2.23. The number of hydrogen-bond acceptors (Lipinski definition) is 5. The lowest BCUT2D eigenvalue weighted by molar-refractivity contribution is -0.131. The molecule has 1 saturated heterocycles. The molecule has 0 unspecified atom stereocenters. The Hall–Kier alpha value is -3.36. The molecule has 1 N–H and O–H groups in total. The van der Waals surface area contributed by atoms with E-state index in [1.165, 1.54) is 0 Å². The van der Waals surface area contributed by atoms with Crippen LogP contribution in [0.3, 0.4) is 0 Å². The van der Waals surface area contributed by atoms with Crippen LogP contribution in [0.5, 0.6) is 5.75 Å². The van der Waals surface area contributed by atoms with E-state index in [9.17, 15) is 13.2 Å². The minimum atomic E-state index is -3.64. The Morgan fingerprint density at radius 1 is 0.917 bits per heavy atom. The van der Waals surface area contributed by atoms with Crippen LogP contribution in [0, 0.1) is 0 Å². The molecule has 0 spiro atoms. The van der Waals surface area contributed by atoms with Gasteiger partial charge in [-0.25, -0.2) is 13.1 Å². The van der Waals surface area contributed by atoms with Crippen molar-refractivity contribution in [3.05, 3.63) is 90.0 Å². The van der Waals surface area contributed by atoms with Gasteiger partial charge >= 0.3 is 0 Å². The highest BCUT2D eigenvalue weighted by Crippen LogP contribution is 2.28. The lowest BCUT2D eigenvalue weighted by atomic mass is 10.1. The molecular formula is C28H33N3O4S. The van der Waals surface area contributed by atoms with Crippen molar-refractivity contribution >= 4 is 21.6 Å². The Bertz CT molecular complexity index is 1260. The molecular weight excluding hydrogens is 474 g/mol. The quantitative estimate of drug-likeness (QED) is 0.473. The smallest absolute Gasteiger partial charge is 0.241 e. The number of amides is 1. The molecule has 4 rings (SSSR count). The lowest BCUT2D eigenvalue weighted by Crippen LogP contribution is -2.48. The second kappa shape index (κ2) is 11.6. The topological polar surface area (TPSA) is 79.0 Å². The predicted octanol–water partition coefficient (Wildman–Crippen LogP) is 4.02. The van der Waals surface area contributed by atoms with Gasteiger partial charge in [-0.15, -0.1) is 0 Å². The molecule has 36 heavy (non-hydrogen) atoms. The molecule has 0 aliphatic carbocycles. The Labute approximate surface area is 213 Å². The zero-order valence-electron chi connectivity index (χ0n) is 20.8. The summed E-state index contributed by atoms with van der Waals surface area (Å²) in [5.74, 6) is 0.956. The van der Waals surface area contributed by atoms with Crippen LogP contribution in [0.15, 0.2) is 83.8 Å². The summed E-state index contributed by atoms with van der Waals surface area (Å²) >= 11 is 0. The van der Waals surface area contributed by atoms with Gasteiger partial charge in [-0.1, -0.05) is 54.6 Å². The molecule has 190 valence electrons. The first-order chi connectivity index (χ1) is 17.4. The fraction of sp³-hybridized carbons (Fsp3) is 0.321. The van der Waals surface area contributed by atoms with E-state index < -0.39 is 10.0 Å². The second-order valence-corrected chi connectivity index (χ2v) is 10.7. The molecule has 1 heterocycles. The Morgan fingerprint density at radius 2 is 1.56 bits per heavy atom. The van der Waals surface area contributed by atoms with E-state index in [1.807, 2.05) is 66.4 Å². The molecule has 3 aromatic carbocycles. The number of sulfonamides is 1. The normalized spacial score (nSPS) is 14.9. The summed E-state index contributed by atoms with van der Waals surface area (Å²) in [6.45, 7) is 4.67. The van der Waals surface area contributed by atoms with Crippen molar-refractivity contribution in [2.24, 2.45) is 0 Å². The van der Waals surface area contributed by atoms with Crippen molar-refractivity contribution in [2.75, 3.05) is 38.2 Å². The third-order valence-corrected chi connectivity index (χ3v) is 8.11. The lowest BCUT2D eigenvalue weighted by Gasteiger charge is -2.36. The van der Waals surface area contributed by atoms with Crippen molar-refractivity contribution in [1.29, 1.82) is 0 Å². The number of piperazine rings is 1. The van der Waals surface area contributed by atoms with Crippen LogP contribution < -0.4 is 14.4 Å². The van der Waals surface area contributed by atoms with Crippen LogP contribution in [-0.2, 0) is 21.2 Å². The van der Waals surface area contributed by atoms with Gasteiger partial charge in [0, 0.05) is 38.6 Å². The molecule has 1 atom stereocenters. The summed E-state index contributed by atoms with van der Waals surface area (Å²) in [5, 5.41) is 0. The van der Waals surface area contributed by atoms with Gasteiger partial charge in [0.25, 0.3) is 0 Å². The van der Waals surface area contributed by atoms with Crippen molar-refractivity contribution < 1.29 is 17.9 Å². The summed E-state index contributed by atoms with van der Waals surface area (Å²) in [7, 11) is -1.98. The van der Waals surface area contributed by atoms with Gasteiger partial charge < -0.3 is 14.5 Å². The number of carbonyl (C=O) groups is 1. The number of benzene rings is 3. The van der Waals surface area contributed by atoms with Gasteiger partial charge in [-0.3, -0.25) is 4.79 Å². The van der Waals surface area contributed by atoms with Crippen LogP contribution in [0.4, 0.5) is 5.69 Å². The predicted molar refractivity (Wildman–Crippen MR) is 142 cm³/mol. The molecule has 0 saturated carbocycles. The molecule has 1 aliphatic rings. The number of aryl methyl sites for hydroxylation is 1. The number of rotatable bonds is 9. The molecule has 1 fully saturated rings. The first kappa shape index (κ1) is 25.7. The van der Waals surface area contributed by atoms with E-state index >= 15 is 0 Å². The number of methoxy groups -OCH3 is 1. The molecule has 8 heteroatoms. The fourth-order valence-corrected chi connectivity index (χ4v) is 5.67. The molecule has 0 radical (unpaired) electrons. The summed E-state index contributed by atoms with van der Waals surface area (Å²) in [6, 6.07) is 23.8. The van der Waals surface area contributed by atoms with Gasteiger partial charge in [0.05, 0.1) is 17.7 Å². The van der Waals surface area contributed by atoms with Crippen LogP contribution >= 0.6 is 0 Å². The first-order valence-corrected chi connectivity index (χ1v) is 13.7. The van der Waals surface area contributed by atoms with Gasteiger partial charge in [-0.05, 0) is 48.7 Å². The number of nitrogens with zero attached hydrogens (tertiary/aromatic N) is 2. The largest absolute Gasteiger partial charge is 0.495 e. The van der Waals surface area contributed by atoms with E-state index in [-0.39, 0.29) is 16.8 Å². The Kier molecular flexibility index (Phi) is 8.28. The molecule has 0 aromatic heterocycles. The summed E-state index contributed by atoms with van der Waals surface area (Å²) < 4.78 is 33.8. The van der Waals surface area contributed by atoms with Crippen molar-refractivity contribution in [2.45, 2.75) is 30.7 Å². The van der Waals surface area contributed by atoms with Gasteiger partial charge in [0.2, 0.25) is 15.9 Å². The van der Waals surface area contributed by atoms with Crippen molar-refractivity contribution in [3.63, 3.8) is 0 Å². The minimum Gasteiger partial charge on any atom is -0.495 e. The van der Waals surface area contributed by atoms with E-state index in [0.29, 0.717) is 25.9 Å². The summed E-state index contributed by atoms with van der Waals surface area (Å²) in [6.07, 6.45) is 0.962. The maximum atomic E-state index is 12.8. The average molecular weight is 508 g/mol. The molecule has 7 nitrogen and oxygen atoms in total. The Morgan fingerprint density at radius 3 is 2.22 bits per heavy atom. The number of hydrogen-bond donors (Lipinski definition) is 1. The highest BCUT2D eigenvalue weighted by atomic mass is 32.2. The number of carbonyl (C=O) groups excluding carboxylic acids is 1. The van der Waals surface area contributed by atoms with Crippen LogP contribution in [0.25, 0.3) is 0 Å². The zero-order valence-corrected chi connectivity index (χ0v) is 21.6. The molecule has 0 bridgehead atoms. The third-order valence-electron chi connectivity index (χ3n) is 6.55. The highest BCUT2D eigenvalue weighted by molar-refractivity contribution is 7.89. The zero-order chi connectivity index (χ0) is 25.5. The maximum Gasteiger partial charge on any atom is 0.241 e. The van der Waals surface area contributed by atoms with Gasteiger partial charge in [-0.2, -0.15) is 0 Å². The van der Waals surface area contributed by atoms with Crippen LogP contribution in [-0.4, -0.2) is 52.5 Å². The van der Waals surface area contributed by atoms with E-state index in [2.05, 4.69) is 9.62 Å². The van der Waals surface area contributed by atoms with Crippen molar-refractivity contribution in [1.82, 2.24) is 9.62 Å². The Balaban J connectivity index is 1.27. The van der Waals surface area contributed by atoms with E-state index in [1.54, 1.807) is 31.4 Å². The monoisotopic (exact) mass is 507 g/mol. The van der Waals surface area contributed by atoms with Gasteiger partial charge in [0.1, 0.15) is 5.75 Å². The van der Waals surface area contributed by atoms with E-state index in [4.69, 9.17) is 4.74 Å². The third kappa shape index (κ3) is 6.25. The standard InChI is InChI=1S/C28H33N3O4S/c1-22(24-8-4-3-5-9-24)29-36(33,34)25-15-12-23(13-16-25)14-17-28(32)31-20-18-30(19-21-31)26-10-6-7-11-27(26)35-2/h3-13,15-16,22,29H,14,17-21H2,1-2H3/t22-/m0/s1. The number of anilines is 1. The van der Waals surface area contributed by atoms with Crippen molar-refractivity contribution in [3.8, 4) is 5.75 Å². The van der Waals surface area contributed by atoms with Gasteiger partial charge in [0.15, 0.2) is 0 Å². The van der Waals surface area contributed by atoms with E-state index in [0.717, 1.165) is 35.7 Å². The summed E-state index contributed by atoms with van der Waals surface area (Å²) in [4.78, 5) is 17.2. The van der Waals surface area contributed by atoms with Crippen LogP contribution in [0.1, 0.15) is 30.5 Å². The number of ether oxygens (including phenoxy) is 1. The summed E-state index contributed by atoms with van der Waals surface area (Å²) in [5.41, 5.74) is 2.89.